The molecule has 1 N–H and O–H groups in total. The second kappa shape index (κ2) is 8.91. The zero-order valence-electron chi connectivity index (χ0n) is 16.5. The minimum atomic E-state index is -0.148. The molecule has 144 valence electrons. The normalized spacial score (nSPS) is 14.9. The maximum absolute atomic E-state index is 12.2. The molecule has 0 aliphatic carbocycles. The summed E-state index contributed by atoms with van der Waals surface area (Å²) >= 11 is 0. The van der Waals surface area contributed by atoms with Crippen LogP contribution in [0.2, 0.25) is 0 Å². The average Bonchev–Trinajstić information content (AvgIpc) is 2.69. The standard InChI is InChI=1S/C22H29N3O2/c1-4-18-5-8-20(9-6-18)27-16-22(26)23-21-10-7-19(15-17(21)2)25-13-11-24(3)12-14-25/h5-10,15H,4,11-14,16H2,1-3H3,(H,23,26). The van der Waals surface area contributed by atoms with Crippen LogP contribution < -0.4 is 15.0 Å². The molecule has 2 aromatic rings. The van der Waals surface area contributed by atoms with E-state index in [2.05, 4.69) is 41.2 Å². The molecule has 3 rings (SSSR count). The molecular formula is C22H29N3O2. The van der Waals surface area contributed by atoms with E-state index in [4.69, 9.17) is 4.74 Å². The molecule has 5 nitrogen and oxygen atoms in total. The Morgan fingerprint density at radius 1 is 1.07 bits per heavy atom. The predicted molar refractivity (Wildman–Crippen MR) is 111 cm³/mol. The zero-order chi connectivity index (χ0) is 19.2. The fourth-order valence-corrected chi connectivity index (χ4v) is 3.21. The number of benzene rings is 2. The Bertz CT molecular complexity index is 766. The molecule has 5 heteroatoms. The summed E-state index contributed by atoms with van der Waals surface area (Å²) in [7, 11) is 2.15. The third kappa shape index (κ3) is 5.23. The van der Waals surface area contributed by atoms with Crippen LogP contribution in [0, 0.1) is 6.92 Å². The van der Waals surface area contributed by atoms with Crippen molar-refractivity contribution >= 4 is 17.3 Å². The van der Waals surface area contributed by atoms with Gasteiger partial charge in [0.2, 0.25) is 0 Å². The summed E-state index contributed by atoms with van der Waals surface area (Å²) in [4.78, 5) is 17.0. The van der Waals surface area contributed by atoms with Crippen LogP contribution in [-0.4, -0.2) is 50.6 Å². The van der Waals surface area contributed by atoms with Crippen LogP contribution in [0.4, 0.5) is 11.4 Å². The molecule has 27 heavy (non-hydrogen) atoms. The van der Waals surface area contributed by atoms with E-state index in [0.29, 0.717) is 5.75 Å². The van der Waals surface area contributed by atoms with Gasteiger partial charge in [-0.15, -0.1) is 0 Å². The molecule has 0 radical (unpaired) electrons. The van der Waals surface area contributed by atoms with Gasteiger partial charge in [-0.25, -0.2) is 0 Å². The first-order valence-electron chi connectivity index (χ1n) is 9.61. The van der Waals surface area contributed by atoms with Crippen molar-refractivity contribution < 1.29 is 9.53 Å². The fourth-order valence-electron chi connectivity index (χ4n) is 3.21. The van der Waals surface area contributed by atoms with E-state index in [1.807, 2.05) is 37.3 Å². The molecule has 0 atom stereocenters. The van der Waals surface area contributed by atoms with Gasteiger partial charge in [-0.05, 0) is 61.9 Å². The van der Waals surface area contributed by atoms with Gasteiger partial charge in [-0.2, -0.15) is 0 Å². The van der Waals surface area contributed by atoms with Crippen LogP contribution in [0.15, 0.2) is 42.5 Å². The van der Waals surface area contributed by atoms with Crippen molar-refractivity contribution in [2.24, 2.45) is 0 Å². The Hall–Kier alpha value is -2.53. The van der Waals surface area contributed by atoms with Crippen molar-refractivity contribution in [3.8, 4) is 5.75 Å². The molecule has 1 aliphatic heterocycles. The third-order valence-electron chi connectivity index (χ3n) is 5.05. The number of ether oxygens (including phenoxy) is 1. The summed E-state index contributed by atoms with van der Waals surface area (Å²) in [6.45, 7) is 8.37. The number of amides is 1. The Morgan fingerprint density at radius 2 is 1.78 bits per heavy atom. The molecule has 2 aromatic carbocycles. The monoisotopic (exact) mass is 367 g/mol. The zero-order valence-corrected chi connectivity index (χ0v) is 16.5. The van der Waals surface area contributed by atoms with Crippen LogP contribution in [0.3, 0.4) is 0 Å². The van der Waals surface area contributed by atoms with Crippen LogP contribution in [0.25, 0.3) is 0 Å². The van der Waals surface area contributed by atoms with Gasteiger partial charge < -0.3 is 19.9 Å². The number of rotatable bonds is 6. The minimum Gasteiger partial charge on any atom is -0.484 e. The number of nitrogens with zero attached hydrogens (tertiary/aromatic N) is 2. The Kier molecular flexibility index (Phi) is 6.35. The van der Waals surface area contributed by atoms with Crippen LogP contribution in [0.5, 0.6) is 5.75 Å². The summed E-state index contributed by atoms with van der Waals surface area (Å²) in [5.74, 6) is 0.564. The number of hydrogen-bond acceptors (Lipinski definition) is 4. The molecule has 0 unspecified atom stereocenters. The van der Waals surface area contributed by atoms with E-state index >= 15 is 0 Å². The maximum atomic E-state index is 12.2. The van der Waals surface area contributed by atoms with Gasteiger partial charge in [0.1, 0.15) is 5.75 Å². The van der Waals surface area contributed by atoms with Crippen molar-refractivity contribution in [3.63, 3.8) is 0 Å². The van der Waals surface area contributed by atoms with Gasteiger partial charge in [0.25, 0.3) is 5.91 Å². The fraction of sp³-hybridized carbons (Fsp3) is 0.409. The molecule has 1 aliphatic rings. The smallest absolute Gasteiger partial charge is 0.262 e. The number of piperazine rings is 1. The Labute approximate surface area is 161 Å². The number of carbonyl (C=O) groups excluding carboxylic acids is 1. The van der Waals surface area contributed by atoms with Crippen molar-refractivity contribution in [2.75, 3.05) is 50.1 Å². The molecule has 0 saturated carbocycles. The summed E-state index contributed by atoms with van der Waals surface area (Å²) in [5.41, 5.74) is 4.36. The first-order valence-corrected chi connectivity index (χ1v) is 9.61. The molecule has 0 aromatic heterocycles. The highest BCUT2D eigenvalue weighted by Gasteiger charge is 2.15. The highest BCUT2D eigenvalue weighted by Crippen LogP contribution is 2.23. The summed E-state index contributed by atoms with van der Waals surface area (Å²) in [6, 6.07) is 14.1. The largest absolute Gasteiger partial charge is 0.484 e. The van der Waals surface area contributed by atoms with Crippen molar-refractivity contribution in [1.29, 1.82) is 0 Å². The lowest BCUT2D eigenvalue weighted by Gasteiger charge is -2.34. The lowest BCUT2D eigenvalue weighted by atomic mass is 10.1. The van der Waals surface area contributed by atoms with Gasteiger partial charge in [0.05, 0.1) is 0 Å². The quantitative estimate of drug-likeness (QED) is 0.851. The second-order valence-corrected chi connectivity index (χ2v) is 7.12. The molecule has 1 saturated heterocycles. The van der Waals surface area contributed by atoms with Crippen molar-refractivity contribution in [2.45, 2.75) is 20.3 Å². The van der Waals surface area contributed by atoms with E-state index in [1.54, 1.807) is 0 Å². The van der Waals surface area contributed by atoms with E-state index in [0.717, 1.165) is 43.9 Å². The number of nitrogens with one attached hydrogen (secondary N) is 1. The molecular weight excluding hydrogens is 338 g/mol. The lowest BCUT2D eigenvalue weighted by Crippen LogP contribution is -2.44. The van der Waals surface area contributed by atoms with Crippen molar-refractivity contribution in [1.82, 2.24) is 4.90 Å². The van der Waals surface area contributed by atoms with Gasteiger partial charge in [-0.3, -0.25) is 4.79 Å². The Balaban J connectivity index is 1.54. The van der Waals surface area contributed by atoms with Crippen LogP contribution in [0.1, 0.15) is 18.1 Å². The van der Waals surface area contributed by atoms with E-state index in [-0.39, 0.29) is 12.5 Å². The van der Waals surface area contributed by atoms with Gasteiger partial charge in [-0.1, -0.05) is 19.1 Å². The number of anilines is 2. The van der Waals surface area contributed by atoms with E-state index < -0.39 is 0 Å². The SMILES string of the molecule is CCc1ccc(OCC(=O)Nc2ccc(N3CCN(C)CC3)cc2C)cc1. The Morgan fingerprint density at radius 3 is 2.41 bits per heavy atom. The summed E-state index contributed by atoms with van der Waals surface area (Å²) in [5, 5.41) is 2.95. The number of hydrogen-bond donors (Lipinski definition) is 1. The number of carbonyl (C=O) groups is 1. The molecule has 1 amide bonds. The van der Waals surface area contributed by atoms with Gasteiger partial charge in [0, 0.05) is 37.6 Å². The van der Waals surface area contributed by atoms with Crippen molar-refractivity contribution in [3.05, 3.63) is 53.6 Å². The van der Waals surface area contributed by atoms with E-state index in [9.17, 15) is 4.79 Å². The van der Waals surface area contributed by atoms with Gasteiger partial charge >= 0.3 is 0 Å². The molecule has 1 fully saturated rings. The van der Waals surface area contributed by atoms with Crippen LogP contribution in [-0.2, 0) is 11.2 Å². The highest BCUT2D eigenvalue weighted by atomic mass is 16.5. The predicted octanol–water partition coefficient (Wildman–Crippen LogP) is 3.33. The molecule has 0 spiro atoms. The second-order valence-electron chi connectivity index (χ2n) is 7.12. The third-order valence-corrected chi connectivity index (χ3v) is 5.05. The first-order chi connectivity index (χ1) is 13.0. The number of aryl methyl sites for hydroxylation is 2. The average molecular weight is 367 g/mol. The highest BCUT2D eigenvalue weighted by molar-refractivity contribution is 5.92. The minimum absolute atomic E-state index is 0.00508. The summed E-state index contributed by atoms with van der Waals surface area (Å²) < 4.78 is 5.58. The van der Waals surface area contributed by atoms with Gasteiger partial charge in [0.15, 0.2) is 6.61 Å². The van der Waals surface area contributed by atoms with E-state index in [1.165, 1.54) is 11.3 Å². The topological polar surface area (TPSA) is 44.8 Å². The molecule has 0 bridgehead atoms. The number of likely N-dealkylation sites (N-methyl/N-ethyl adjacent to an activating group) is 1. The molecule has 1 heterocycles. The first kappa shape index (κ1) is 19.2. The summed E-state index contributed by atoms with van der Waals surface area (Å²) in [6.07, 6.45) is 0.990. The van der Waals surface area contributed by atoms with Crippen LogP contribution >= 0.6 is 0 Å². The lowest BCUT2D eigenvalue weighted by molar-refractivity contribution is -0.118. The maximum Gasteiger partial charge on any atom is 0.262 e.